The van der Waals surface area contributed by atoms with Crippen LogP contribution in [0.25, 0.3) is 21.8 Å². The van der Waals surface area contributed by atoms with E-state index >= 15 is 0 Å². The number of nitrogens with one attached hydrogen (secondary N) is 1. The fraction of sp³-hybridized carbons (Fsp3) is 0.280. The van der Waals surface area contributed by atoms with Gasteiger partial charge in [-0.1, -0.05) is 6.07 Å². The Kier molecular flexibility index (Phi) is 6.00. The number of imidazole rings is 1. The minimum absolute atomic E-state index is 0.127. The van der Waals surface area contributed by atoms with Gasteiger partial charge >= 0.3 is 0 Å². The van der Waals surface area contributed by atoms with Crippen LogP contribution in [0.15, 0.2) is 36.4 Å². The molecule has 172 valence electrons. The molecule has 1 heterocycles. The predicted molar refractivity (Wildman–Crippen MR) is 128 cm³/mol. The Bertz CT molecular complexity index is 1360. The molecule has 4 aromatic rings. The topological polar surface area (TPSA) is 83.8 Å². The van der Waals surface area contributed by atoms with E-state index in [9.17, 15) is 4.79 Å². The first-order chi connectivity index (χ1) is 15.9. The average molecular weight is 450 g/mol. The number of benzene rings is 3. The summed E-state index contributed by atoms with van der Waals surface area (Å²) in [4.78, 5) is 17.0. The molecule has 0 unspecified atom stereocenters. The van der Waals surface area contributed by atoms with Crippen molar-refractivity contribution in [1.29, 1.82) is 0 Å². The molecular weight excluding hydrogens is 422 g/mol. The number of methoxy groups -OCH3 is 4. The third-order valence-corrected chi connectivity index (χ3v) is 5.63. The highest BCUT2D eigenvalue weighted by molar-refractivity contribution is 6.03. The van der Waals surface area contributed by atoms with E-state index in [4.69, 9.17) is 18.9 Å². The third kappa shape index (κ3) is 3.77. The van der Waals surface area contributed by atoms with Gasteiger partial charge < -0.3 is 24.3 Å². The van der Waals surface area contributed by atoms with Gasteiger partial charge in [0.05, 0.1) is 50.2 Å². The van der Waals surface area contributed by atoms with Crippen LogP contribution in [-0.2, 0) is 6.54 Å². The van der Waals surface area contributed by atoms with Crippen LogP contribution in [0.3, 0.4) is 0 Å². The van der Waals surface area contributed by atoms with Gasteiger partial charge in [-0.25, -0.2) is 9.55 Å². The zero-order valence-electron chi connectivity index (χ0n) is 19.6. The minimum atomic E-state index is -0.127. The molecule has 1 aromatic heterocycles. The summed E-state index contributed by atoms with van der Waals surface area (Å²) in [5.41, 5.74) is 3.39. The van der Waals surface area contributed by atoms with Crippen LogP contribution in [0.5, 0.6) is 23.0 Å². The third-order valence-electron chi connectivity index (χ3n) is 5.63. The quantitative estimate of drug-likeness (QED) is 0.434. The van der Waals surface area contributed by atoms with Crippen LogP contribution in [0.1, 0.15) is 22.8 Å². The van der Waals surface area contributed by atoms with Gasteiger partial charge in [0.15, 0.2) is 0 Å². The van der Waals surface area contributed by atoms with E-state index < -0.39 is 0 Å². The van der Waals surface area contributed by atoms with E-state index in [1.807, 2.05) is 43.3 Å². The summed E-state index contributed by atoms with van der Waals surface area (Å²) in [6, 6.07) is 11.4. The molecule has 0 aliphatic rings. The average Bonchev–Trinajstić information content (AvgIpc) is 3.18. The van der Waals surface area contributed by atoms with Crippen molar-refractivity contribution in [1.82, 2.24) is 9.55 Å². The summed E-state index contributed by atoms with van der Waals surface area (Å²) >= 11 is 0. The van der Waals surface area contributed by atoms with Gasteiger partial charge in [0.25, 0.3) is 0 Å². The zero-order chi connectivity index (χ0) is 23.7. The van der Waals surface area contributed by atoms with Crippen LogP contribution in [0.2, 0.25) is 0 Å². The lowest BCUT2D eigenvalue weighted by Crippen LogP contribution is -2.12. The SMILES string of the molecule is COc1ccc(OC)c2c(OC)c(CNc3nc4cc(C)ccc4n3C(C)=O)cc(OC)c12. The van der Waals surface area contributed by atoms with E-state index in [-0.39, 0.29) is 5.91 Å². The number of nitrogens with zero attached hydrogens (tertiary/aromatic N) is 2. The standard InChI is InChI=1S/C25H27N3O5/c1-14-7-8-18-17(11-14)27-25(28(18)15(2)29)26-13-16-12-21(32-5)22-19(30-3)9-10-20(31-4)23(22)24(16)33-6/h7-12H,13H2,1-6H3,(H,26,27). The summed E-state index contributed by atoms with van der Waals surface area (Å²) < 4.78 is 24.3. The molecule has 0 aliphatic heterocycles. The second-order valence-electron chi connectivity index (χ2n) is 7.63. The highest BCUT2D eigenvalue weighted by Gasteiger charge is 2.22. The van der Waals surface area contributed by atoms with E-state index in [0.717, 1.165) is 32.9 Å². The van der Waals surface area contributed by atoms with Crippen LogP contribution in [-0.4, -0.2) is 43.9 Å². The number of fused-ring (bicyclic) bond motifs is 2. The van der Waals surface area contributed by atoms with Crippen molar-refractivity contribution in [2.24, 2.45) is 0 Å². The number of hydrogen-bond acceptors (Lipinski definition) is 7. The lowest BCUT2D eigenvalue weighted by atomic mass is 10.0. The number of aryl methyl sites for hydroxylation is 1. The molecule has 33 heavy (non-hydrogen) atoms. The number of aromatic nitrogens is 2. The number of carbonyl (C=O) groups excluding carboxylic acids is 1. The van der Waals surface area contributed by atoms with E-state index in [0.29, 0.717) is 35.5 Å². The maximum Gasteiger partial charge on any atom is 0.230 e. The summed E-state index contributed by atoms with van der Waals surface area (Å²) in [7, 11) is 6.43. The molecule has 1 N–H and O–H groups in total. The molecule has 8 nitrogen and oxygen atoms in total. The summed E-state index contributed by atoms with van der Waals surface area (Å²) in [6.07, 6.45) is 0. The van der Waals surface area contributed by atoms with Gasteiger partial charge in [-0.15, -0.1) is 0 Å². The molecule has 0 spiro atoms. The van der Waals surface area contributed by atoms with E-state index in [1.54, 1.807) is 33.0 Å². The number of carbonyl (C=O) groups is 1. The zero-order valence-corrected chi connectivity index (χ0v) is 19.6. The predicted octanol–water partition coefficient (Wildman–Crippen LogP) is 4.80. The van der Waals surface area contributed by atoms with E-state index in [2.05, 4.69) is 10.3 Å². The monoisotopic (exact) mass is 449 g/mol. The molecule has 4 rings (SSSR count). The Morgan fingerprint density at radius 2 is 1.58 bits per heavy atom. The largest absolute Gasteiger partial charge is 0.496 e. The van der Waals surface area contributed by atoms with E-state index in [1.165, 1.54) is 6.92 Å². The second kappa shape index (κ2) is 8.90. The van der Waals surface area contributed by atoms with Crippen LogP contribution >= 0.6 is 0 Å². The van der Waals surface area contributed by atoms with Gasteiger partial charge in [-0.2, -0.15) is 0 Å². The Morgan fingerprint density at radius 3 is 2.18 bits per heavy atom. The highest BCUT2D eigenvalue weighted by Crippen LogP contribution is 2.46. The Hall–Kier alpha value is -3.94. The van der Waals surface area contributed by atoms with Crippen molar-refractivity contribution >= 4 is 33.7 Å². The maximum absolute atomic E-state index is 12.4. The molecule has 0 radical (unpaired) electrons. The molecule has 8 heteroatoms. The molecule has 0 saturated carbocycles. The number of rotatable bonds is 7. The van der Waals surface area contributed by atoms with Crippen molar-refractivity contribution < 1.29 is 23.7 Å². The van der Waals surface area contributed by atoms with Crippen LogP contribution in [0, 0.1) is 6.92 Å². The van der Waals surface area contributed by atoms with Crippen molar-refractivity contribution in [3.63, 3.8) is 0 Å². The summed E-state index contributed by atoms with van der Waals surface area (Å²) in [5.74, 6) is 2.85. The molecule has 0 fully saturated rings. The Balaban J connectivity index is 1.85. The fourth-order valence-electron chi connectivity index (χ4n) is 4.16. The van der Waals surface area contributed by atoms with Gasteiger partial charge in [0, 0.05) is 19.0 Å². The first-order valence-electron chi connectivity index (χ1n) is 10.5. The minimum Gasteiger partial charge on any atom is -0.496 e. The first-order valence-corrected chi connectivity index (χ1v) is 10.5. The number of hydrogen-bond donors (Lipinski definition) is 1. The maximum atomic E-state index is 12.4. The van der Waals surface area contributed by atoms with Crippen molar-refractivity contribution in [2.45, 2.75) is 20.4 Å². The lowest BCUT2D eigenvalue weighted by Gasteiger charge is -2.19. The van der Waals surface area contributed by atoms with Gasteiger partial charge in [-0.05, 0) is 42.8 Å². The molecule has 0 aliphatic carbocycles. The molecule has 3 aromatic carbocycles. The molecule has 0 saturated heterocycles. The Labute approximate surface area is 192 Å². The van der Waals surface area contributed by atoms with Crippen molar-refractivity contribution in [3.05, 3.63) is 47.5 Å². The lowest BCUT2D eigenvalue weighted by molar-refractivity contribution is 0.0943. The normalized spacial score (nSPS) is 11.0. The number of ether oxygens (including phenoxy) is 4. The van der Waals surface area contributed by atoms with Gasteiger partial charge in [0.2, 0.25) is 11.9 Å². The Morgan fingerprint density at radius 1 is 0.909 bits per heavy atom. The summed E-state index contributed by atoms with van der Waals surface area (Å²) in [5, 5.41) is 4.80. The van der Waals surface area contributed by atoms with Crippen LogP contribution in [0.4, 0.5) is 5.95 Å². The number of anilines is 1. The second-order valence-corrected chi connectivity index (χ2v) is 7.63. The van der Waals surface area contributed by atoms with Gasteiger partial charge in [-0.3, -0.25) is 4.79 Å². The molecule has 0 amide bonds. The van der Waals surface area contributed by atoms with Gasteiger partial charge in [0.1, 0.15) is 23.0 Å². The fourth-order valence-corrected chi connectivity index (χ4v) is 4.16. The van der Waals surface area contributed by atoms with Crippen molar-refractivity contribution in [2.75, 3.05) is 33.8 Å². The van der Waals surface area contributed by atoms with Crippen LogP contribution < -0.4 is 24.3 Å². The molecular formula is C25H27N3O5. The smallest absolute Gasteiger partial charge is 0.230 e. The van der Waals surface area contributed by atoms with Crippen molar-refractivity contribution in [3.8, 4) is 23.0 Å². The molecule has 0 atom stereocenters. The highest BCUT2D eigenvalue weighted by atomic mass is 16.5. The first kappa shape index (κ1) is 22.3. The molecule has 0 bridgehead atoms. The summed E-state index contributed by atoms with van der Waals surface area (Å²) in [6.45, 7) is 3.85.